The first-order valence-electron chi connectivity index (χ1n) is 54.2. The average Bonchev–Trinajstić information content (AvgIpc) is 1.58. The molecule has 7 saturated heterocycles. The number of aryl methyl sites for hydroxylation is 1. The number of hydrogen-bond acceptors (Lipinski definition) is 19. The molecule has 0 saturated carbocycles. The average molecular weight is 1940 g/mol. The minimum absolute atomic E-state index is 0. The topological polar surface area (TPSA) is 203 Å². The van der Waals surface area contributed by atoms with E-state index in [4.69, 9.17) is 42.4 Å². The van der Waals surface area contributed by atoms with Gasteiger partial charge in [-0.2, -0.15) is 4.98 Å². The fourth-order valence-corrected chi connectivity index (χ4v) is 29.8. The molecule has 25 heteroatoms. The molecule has 29 rings (SSSR count). The number of para-hydroxylation sites is 5. The number of esters is 1. The molecule has 1 N–H and O–H groups in total. The lowest BCUT2D eigenvalue weighted by Crippen LogP contribution is -2.47. The zero-order valence-electron chi connectivity index (χ0n) is 82.2. The molecule has 762 valence electrons. The van der Waals surface area contributed by atoms with Gasteiger partial charge in [0.15, 0.2) is 5.82 Å². The van der Waals surface area contributed by atoms with Gasteiger partial charge in [0.05, 0.1) is 90.8 Å². The van der Waals surface area contributed by atoms with Crippen LogP contribution in [0.4, 0.5) is 0 Å². The molecule has 0 bridgehead atoms. The lowest BCUT2D eigenvalue weighted by atomic mass is 9.78. The summed E-state index contributed by atoms with van der Waals surface area (Å²) in [5, 5.41) is 14.0. The number of carbonyl (C=O) groups excluding carboxylic acids is 2. The predicted molar refractivity (Wildman–Crippen MR) is 560 cm³/mol. The second kappa shape index (κ2) is 43.2. The summed E-state index contributed by atoms with van der Waals surface area (Å²) in [6, 6.07) is 57.7. The quantitative estimate of drug-likeness (QED) is 0.0705. The van der Waals surface area contributed by atoms with Crippen LogP contribution >= 0.6 is 0 Å². The third-order valence-corrected chi connectivity index (χ3v) is 35.6. The molecule has 0 radical (unpaired) electrons. The van der Waals surface area contributed by atoms with Crippen molar-refractivity contribution in [3.8, 4) is 0 Å². The first-order valence-corrected chi connectivity index (χ1v) is 54.2. The Bertz CT molecular complexity index is 6440. The van der Waals surface area contributed by atoms with E-state index in [1.54, 1.807) is 28.1 Å². The summed E-state index contributed by atoms with van der Waals surface area (Å²) in [5.74, 6) is 5.02. The van der Waals surface area contributed by atoms with Gasteiger partial charge in [0.1, 0.15) is 51.0 Å². The Morgan fingerprint density at radius 3 is 1.10 bits per heavy atom. The number of nitrogens with one attached hydrogen (secondary N) is 1. The van der Waals surface area contributed by atoms with Gasteiger partial charge >= 0.3 is 5.97 Å². The SMILES string of the molecule is C.C.C.CCOC(=O)COC1CC2CCCN3CCc4c(n1c1ccccc41)C23.Cc1noc(COC2CC3CCCN4CCc5c(n2c2ccccc52)C34)n1.O=C(COC1CC2CCCN3CCc4c(n1c1ccccc41)C23)NCCC1CCOCC1.c1ccc(COC2CC3CCCN4CCc5c(n2c2ccccc52)C34)cc1.c1ccc2c(c1)c1c3n2C(OCCN2CCOCC2)CC2CCCN(CC1)C32. The van der Waals surface area contributed by atoms with E-state index in [9.17, 15) is 9.59 Å². The summed E-state index contributed by atoms with van der Waals surface area (Å²) in [7, 11) is 0. The van der Waals surface area contributed by atoms with Gasteiger partial charge in [0.25, 0.3) is 5.89 Å². The normalized spacial score (nSPS) is 27.4. The van der Waals surface area contributed by atoms with Gasteiger partial charge < -0.3 is 70.6 Å². The summed E-state index contributed by atoms with van der Waals surface area (Å²) in [6.45, 7) is 25.5. The molecule has 17 aliphatic rings. The van der Waals surface area contributed by atoms with Gasteiger partial charge in [-0.05, 0) is 293 Å². The molecular weight excluding hydrogens is 1790 g/mol. The molecule has 15 unspecified atom stereocenters. The highest BCUT2D eigenvalue weighted by molar-refractivity contribution is 5.90. The van der Waals surface area contributed by atoms with Crippen LogP contribution in [-0.2, 0) is 92.8 Å². The number of morpholine rings is 1. The van der Waals surface area contributed by atoms with Crippen LogP contribution in [0.15, 0.2) is 156 Å². The Hall–Kier alpha value is -9.42. The molecule has 23 heterocycles. The van der Waals surface area contributed by atoms with E-state index in [1.807, 2.05) is 13.8 Å². The molecule has 0 spiro atoms. The number of ether oxygens (including phenoxy) is 8. The van der Waals surface area contributed by atoms with Crippen LogP contribution < -0.4 is 5.32 Å². The largest absolute Gasteiger partial charge is 0.464 e. The second-order valence-corrected chi connectivity index (χ2v) is 43.2. The van der Waals surface area contributed by atoms with Gasteiger partial charge in [-0.15, -0.1) is 0 Å². The van der Waals surface area contributed by atoms with E-state index in [-0.39, 0.29) is 78.5 Å². The van der Waals surface area contributed by atoms with Crippen molar-refractivity contribution in [2.24, 2.45) is 35.5 Å². The number of benzene rings is 6. The standard InChI is InChI=1S/C26H35N3O3.C24H26N2O.C23H31N3O2.C21H24N4O2.C21H26N2O3.3CH4/c30-23(27-11-7-18-9-14-31-15-10-18)17-32-24-16-19-4-3-12-28-13-8-21-20-5-1-2-6-22(20)29(24)26(21)25(19)28;1-2-7-17(8-3-1)16-27-22-15-18-9-6-13-25-14-12-20-19-10-4-5-11-21(19)26(22)24(20)23(18)25;1-2-6-20-18(5-1)19-7-9-25-8-3-4-17-16-21(26(20)23(19)22(17)25)28-15-12-24-10-13-27-14-11-24;1-13-22-18(27-23-13)12-26-19-11-14-5-4-9-24-10-8-16-15-6-2-3-7-17(15)25(19)21(16)20(14)24;1-2-25-19(24)13-26-18-12-14-6-5-10-22-11-9-16-15-7-3-4-8-17(15)23(18)21(16)20(14)22;;;/h1-2,5-6,18-19,24-25H,3-4,7-17H2,(H,27,30);1-5,7-8,10-11,18,22-23H,6,9,12-16H2;1-2,5-6,17,21-22H,3-4,7-16H2;2-3,6-7,14,19-20H,4-5,8-12H2,1H3;3-4,7-8,14,18,20H,2,5-6,9-13H2,1H3;3*1H4. The molecule has 12 aromatic rings. The third-order valence-electron chi connectivity index (χ3n) is 35.6. The van der Waals surface area contributed by atoms with Crippen LogP contribution in [0.5, 0.6) is 0 Å². The summed E-state index contributed by atoms with van der Waals surface area (Å²) >= 11 is 0. The van der Waals surface area contributed by atoms with Crippen molar-refractivity contribution in [3.05, 3.63) is 225 Å². The van der Waals surface area contributed by atoms with Crippen molar-refractivity contribution in [3.63, 3.8) is 0 Å². The van der Waals surface area contributed by atoms with Gasteiger partial charge in [-0.3, -0.25) is 34.2 Å². The van der Waals surface area contributed by atoms with Crippen molar-refractivity contribution >= 4 is 66.4 Å². The maximum atomic E-state index is 12.6. The monoisotopic (exact) mass is 1940 g/mol. The Labute approximate surface area is 844 Å². The highest BCUT2D eigenvalue weighted by atomic mass is 16.6. The van der Waals surface area contributed by atoms with Crippen LogP contribution in [0.2, 0.25) is 0 Å². The fraction of sp³-hybridized carbons (Fsp3) is 0.576. The van der Waals surface area contributed by atoms with Gasteiger partial charge in [0.2, 0.25) is 5.91 Å². The molecule has 6 aromatic carbocycles. The zero-order chi connectivity index (χ0) is 93.4. The Morgan fingerprint density at radius 1 is 0.385 bits per heavy atom. The van der Waals surface area contributed by atoms with Crippen molar-refractivity contribution in [2.75, 3.05) is 144 Å². The Balaban J connectivity index is 0.000000102. The third kappa shape index (κ3) is 18.6. The van der Waals surface area contributed by atoms with Crippen LogP contribution in [0.1, 0.15) is 280 Å². The number of hydrogen-bond donors (Lipinski definition) is 1. The lowest BCUT2D eigenvalue weighted by Gasteiger charge is -2.49. The van der Waals surface area contributed by atoms with Crippen LogP contribution in [0.25, 0.3) is 54.5 Å². The maximum Gasteiger partial charge on any atom is 0.332 e. The predicted octanol–water partition coefficient (Wildman–Crippen LogP) is 21.2. The number of rotatable bonds is 20. The number of nitrogens with zero attached hydrogens (tertiary/aromatic N) is 13. The van der Waals surface area contributed by atoms with Crippen LogP contribution in [0, 0.1) is 42.4 Å². The first-order chi connectivity index (χ1) is 69.2. The number of aromatic nitrogens is 7. The Morgan fingerprint density at radius 2 is 0.727 bits per heavy atom. The molecule has 15 atom stereocenters. The summed E-state index contributed by atoms with van der Waals surface area (Å²) in [6.07, 6.45) is 27.6. The summed E-state index contributed by atoms with van der Waals surface area (Å²) in [4.78, 5) is 44.8. The van der Waals surface area contributed by atoms with Crippen molar-refractivity contribution in [1.29, 1.82) is 0 Å². The summed E-state index contributed by atoms with van der Waals surface area (Å²) in [5.41, 5.74) is 23.2. The van der Waals surface area contributed by atoms with Gasteiger partial charge in [0, 0.05) is 128 Å². The number of amides is 1. The minimum atomic E-state index is -0.273. The molecule has 7 fully saturated rings. The molecule has 143 heavy (non-hydrogen) atoms. The van der Waals surface area contributed by atoms with E-state index >= 15 is 0 Å². The second-order valence-electron chi connectivity index (χ2n) is 43.2. The van der Waals surface area contributed by atoms with Crippen molar-refractivity contribution < 1.29 is 52.0 Å². The van der Waals surface area contributed by atoms with Gasteiger partial charge in [-0.1, -0.05) is 149 Å². The van der Waals surface area contributed by atoms with E-state index in [0.29, 0.717) is 85.4 Å². The number of carbonyl (C=O) groups is 2. The smallest absolute Gasteiger partial charge is 0.332 e. The maximum absolute atomic E-state index is 12.6. The van der Waals surface area contributed by atoms with Crippen LogP contribution in [0.3, 0.4) is 0 Å². The molecule has 6 aromatic heterocycles. The molecule has 1 amide bonds. The van der Waals surface area contributed by atoms with Gasteiger partial charge in [-0.25, -0.2) is 4.79 Å². The molecule has 25 nitrogen and oxygen atoms in total. The number of fused-ring (bicyclic) bond motifs is 15. The minimum Gasteiger partial charge on any atom is -0.464 e. The highest BCUT2D eigenvalue weighted by Gasteiger charge is 2.52. The highest BCUT2D eigenvalue weighted by Crippen LogP contribution is 2.59. The van der Waals surface area contributed by atoms with E-state index in [2.05, 4.69) is 219 Å². The molecule has 0 aliphatic carbocycles. The number of piperidine rings is 5. The first kappa shape index (κ1) is 98.3. The van der Waals surface area contributed by atoms with E-state index in [0.717, 1.165) is 148 Å². The van der Waals surface area contributed by atoms with E-state index in [1.165, 1.54) is 224 Å². The fourth-order valence-electron chi connectivity index (χ4n) is 29.8. The Kier molecular flexibility index (Phi) is 29.7. The zero-order valence-corrected chi connectivity index (χ0v) is 82.2. The van der Waals surface area contributed by atoms with Crippen molar-refractivity contribution in [2.45, 2.75) is 258 Å². The molecular formula is C118H154N14O11. The van der Waals surface area contributed by atoms with Crippen molar-refractivity contribution in [1.82, 2.24) is 67.7 Å². The summed E-state index contributed by atoms with van der Waals surface area (Å²) < 4.78 is 65.7. The van der Waals surface area contributed by atoms with E-state index < -0.39 is 0 Å². The lowest BCUT2D eigenvalue weighted by molar-refractivity contribution is -0.155. The molecule has 17 aliphatic heterocycles. The van der Waals surface area contributed by atoms with Crippen LogP contribution in [-0.4, -0.2) is 219 Å².